The van der Waals surface area contributed by atoms with Crippen molar-refractivity contribution >= 4 is 45.0 Å². The zero-order valence-corrected chi connectivity index (χ0v) is 20.0. The fourth-order valence-corrected chi connectivity index (χ4v) is 5.38. The molecular formula is C26H24ClN3O2S. The van der Waals surface area contributed by atoms with Gasteiger partial charge < -0.3 is 14.8 Å². The highest BCUT2D eigenvalue weighted by atomic mass is 35.5. The Balaban J connectivity index is 1.49. The number of benzene rings is 2. The number of fused-ring (bicyclic) bond motifs is 3. The van der Waals surface area contributed by atoms with Crippen molar-refractivity contribution in [1.29, 1.82) is 0 Å². The Morgan fingerprint density at radius 3 is 2.52 bits per heavy atom. The Morgan fingerprint density at radius 2 is 1.79 bits per heavy atom. The molecule has 2 aromatic heterocycles. The standard InChI is InChI=1S/C26H24ClN3O2S/c1-17-3-5-19(6-4-17)15-30-23(31)22-13-20-11-12-33-24(20)29(22)16-26(30,2)25(32)28-14-18-7-9-21(27)10-8-18/h3-13H,14-16H2,1-2H3,(H,28,32)/t26-/m1/s1. The van der Waals surface area contributed by atoms with Crippen LogP contribution in [0.2, 0.25) is 5.02 Å². The monoisotopic (exact) mass is 477 g/mol. The summed E-state index contributed by atoms with van der Waals surface area (Å²) in [5, 5.41) is 6.75. The third-order valence-electron chi connectivity index (χ3n) is 6.35. The van der Waals surface area contributed by atoms with Gasteiger partial charge in [0.25, 0.3) is 5.91 Å². The molecule has 0 saturated heterocycles. The van der Waals surface area contributed by atoms with Gasteiger partial charge in [0.05, 0.1) is 6.54 Å². The van der Waals surface area contributed by atoms with E-state index in [-0.39, 0.29) is 11.8 Å². The quantitative estimate of drug-likeness (QED) is 0.418. The second-order valence-corrected chi connectivity index (χ2v) is 10.1. The number of hydrogen-bond acceptors (Lipinski definition) is 3. The van der Waals surface area contributed by atoms with E-state index in [9.17, 15) is 9.59 Å². The average Bonchev–Trinajstić information content (AvgIpc) is 3.40. The predicted octanol–water partition coefficient (Wildman–Crippen LogP) is 5.40. The van der Waals surface area contributed by atoms with Gasteiger partial charge in [-0.1, -0.05) is 53.6 Å². The fraction of sp³-hybridized carbons (Fsp3) is 0.231. The molecule has 2 amide bonds. The van der Waals surface area contributed by atoms with Crippen molar-refractivity contribution in [2.45, 2.75) is 39.0 Å². The predicted molar refractivity (Wildman–Crippen MR) is 133 cm³/mol. The first-order chi connectivity index (χ1) is 15.8. The summed E-state index contributed by atoms with van der Waals surface area (Å²) in [5.41, 5.74) is 2.68. The van der Waals surface area contributed by atoms with Crippen LogP contribution in [0.3, 0.4) is 0 Å². The zero-order valence-electron chi connectivity index (χ0n) is 18.5. The lowest BCUT2D eigenvalue weighted by molar-refractivity contribution is -0.133. The molecule has 33 heavy (non-hydrogen) atoms. The molecule has 0 fully saturated rings. The molecular weight excluding hydrogens is 454 g/mol. The van der Waals surface area contributed by atoms with Crippen LogP contribution >= 0.6 is 22.9 Å². The zero-order chi connectivity index (χ0) is 23.2. The number of nitrogens with one attached hydrogen (secondary N) is 1. The first-order valence-corrected chi connectivity index (χ1v) is 12.1. The number of thiophene rings is 1. The second kappa shape index (κ2) is 8.36. The average molecular weight is 478 g/mol. The smallest absolute Gasteiger partial charge is 0.271 e. The number of hydrogen-bond donors (Lipinski definition) is 1. The minimum Gasteiger partial charge on any atom is -0.350 e. The summed E-state index contributed by atoms with van der Waals surface area (Å²) in [6, 6.07) is 19.4. The maximum Gasteiger partial charge on any atom is 0.271 e. The molecule has 5 rings (SSSR count). The molecule has 0 bridgehead atoms. The molecule has 1 aliphatic rings. The van der Waals surface area contributed by atoms with E-state index in [1.807, 2.05) is 72.3 Å². The minimum atomic E-state index is -1.04. The first-order valence-electron chi connectivity index (χ1n) is 10.8. The topological polar surface area (TPSA) is 54.3 Å². The van der Waals surface area contributed by atoms with Gasteiger partial charge >= 0.3 is 0 Å². The largest absolute Gasteiger partial charge is 0.350 e. The Kier molecular flexibility index (Phi) is 5.51. The Labute approximate surface area is 201 Å². The highest BCUT2D eigenvalue weighted by Crippen LogP contribution is 2.35. The summed E-state index contributed by atoms with van der Waals surface area (Å²) in [7, 11) is 0. The van der Waals surface area contributed by atoms with Crippen molar-refractivity contribution < 1.29 is 9.59 Å². The summed E-state index contributed by atoms with van der Waals surface area (Å²) in [6.07, 6.45) is 0. The lowest BCUT2D eigenvalue weighted by Crippen LogP contribution is -2.63. The van der Waals surface area contributed by atoms with Gasteiger partial charge in [0, 0.05) is 23.5 Å². The molecule has 7 heteroatoms. The molecule has 4 aromatic rings. The highest BCUT2D eigenvalue weighted by Gasteiger charge is 2.47. The number of halogens is 1. The van der Waals surface area contributed by atoms with E-state index in [0.717, 1.165) is 26.9 Å². The molecule has 168 valence electrons. The molecule has 0 radical (unpaired) electrons. The number of rotatable bonds is 5. The van der Waals surface area contributed by atoms with Crippen LogP contribution in [-0.4, -0.2) is 26.8 Å². The summed E-state index contributed by atoms with van der Waals surface area (Å²) in [6.45, 7) is 5.02. The van der Waals surface area contributed by atoms with Crippen LogP contribution in [-0.2, 0) is 24.4 Å². The SMILES string of the molecule is Cc1ccc(CN2C(=O)c3cc4ccsc4n3C[C@]2(C)C(=O)NCc2ccc(Cl)cc2)cc1. The molecule has 1 atom stereocenters. The van der Waals surface area contributed by atoms with Crippen LogP contribution in [0.4, 0.5) is 0 Å². The van der Waals surface area contributed by atoms with Crippen molar-refractivity contribution in [3.05, 3.63) is 93.5 Å². The van der Waals surface area contributed by atoms with E-state index in [2.05, 4.69) is 5.32 Å². The Morgan fingerprint density at radius 1 is 1.09 bits per heavy atom. The van der Waals surface area contributed by atoms with Gasteiger partial charge in [-0.15, -0.1) is 11.3 Å². The first kappa shape index (κ1) is 21.7. The number of aryl methyl sites for hydroxylation is 1. The van der Waals surface area contributed by atoms with Crippen LogP contribution in [0.15, 0.2) is 66.0 Å². The molecule has 1 aliphatic heterocycles. The molecule has 3 heterocycles. The molecule has 0 unspecified atom stereocenters. The van der Waals surface area contributed by atoms with Crippen molar-refractivity contribution in [2.24, 2.45) is 0 Å². The third kappa shape index (κ3) is 3.94. The Hall–Kier alpha value is -3.09. The van der Waals surface area contributed by atoms with E-state index in [0.29, 0.717) is 30.4 Å². The van der Waals surface area contributed by atoms with E-state index in [1.165, 1.54) is 0 Å². The lowest BCUT2D eigenvalue weighted by Gasteiger charge is -2.44. The van der Waals surface area contributed by atoms with E-state index in [4.69, 9.17) is 11.6 Å². The van der Waals surface area contributed by atoms with Gasteiger partial charge in [0.2, 0.25) is 5.91 Å². The van der Waals surface area contributed by atoms with Crippen LogP contribution in [0.5, 0.6) is 0 Å². The van der Waals surface area contributed by atoms with Crippen molar-refractivity contribution in [1.82, 2.24) is 14.8 Å². The van der Waals surface area contributed by atoms with Gasteiger partial charge in [-0.05, 0) is 54.6 Å². The maximum absolute atomic E-state index is 13.7. The number of aromatic nitrogens is 1. The van der Waals surface area contributed by atoms with Gasteiger partial charge in [-0.3, -0.25) is 9.59 Å². The van der Waals surface area contributed by atoms with Gasteiger partial charge in [-0.2, -0.15) is 0 Å². The van der Waals surface area contributed by atoms with E-state index < -0.39 is 5.54 Å². The van der Waals surface area contributed by atoms with Crippen molar-refractivity contribution in [3.8, 4) is 0 Å². The normalized spacial score (nSPS) is 17.9. The van der Waals surface area contributed by atoms with Crippen LogP contribution < -0.4 is 5.32 Å². The van der Waals surface area contributed by atoms with E-state index in [1.54, 1.807) is 28.4 Å². The summed E-state index contributed by atoms with van der Waals surface area (Å²) in [5.74, 6) is -0.309. The molecule has 1 N–H and O–H groups in total. The number of carbonyl (C=O) groups excluding carboxylic acids is 2. The highest BCUT2D eigenvalue weighted by molar-refractivity contribution is 7.16. The summed E-state index contributed by atoms with van der Waals surface area (Å²) >= 11 is 7.57. The van der Waals surface area contributed by atoms with Gasteiger partial charge in [0.1, 0.15) is 16.1 Å². The van der Waals surface area contributed by atoms with Crippen LogP contribution in [0.1, 0.15) is 34.1 Å². The third-order valence-corrected chi connectivity index (χ3v) is 7.55. The lowest BCUT2D eigenvalue weighted by atomic mass is 9.93. The molecule has 2 aromatic carbocycles. The maximum atomic E-state index is 13.7. The molecule has 5 nitrogen and oxygen atoms in total. The van der Waals surface area contributed by atoms with Gasteiger partial charge in [0.15, 0.2) is 0 Å². The number of amides is 2. The van der Waals surface area contributed by atoms with Crippen molar-refractivity contribution in [3.63, 3.8) is 0 Å². The molecule has 0 aliphatic carbocycles. The fourth-order valence-electron chi connectivity index (χ4n) is 4.36. The number of nitrogens with zero attached hydrogens (tertiary/aromatic N) is 2. The summed E-state index contributed by atoms with van der Waals surface area (Å²) in [4.78, 5) is 30.1. The summed E-state index contributed by atoms with van der Waals surface area (Å²) < 4.78 is 2.00. The Bertz CT molecular complexity index is 1340. The van der Waals surface area contributed by atoms with Gasteiger partial charge in [-0.25, -0.2) is 0 Å². The van der Waals surface area contributed by atoms with Crippen LogP contribution in [0.25, 0.3) is 10.2 Å². The van der Waals surface area contributed by atoms with Crippen LogP contribution in [0, 0.1) is 6.92 Å². The van der Waals surface area contributed by atoms with E-state index >= 15 is 0 Å². The molecule has 0 spiro atoms. The second-order valence-electron chi connectivity index (χ2n) is 8.76. The van der Waals surface area contributed by atoms with Crippen molar-refractivity contribution in [2.75, 3.05) is 0 Å². The number of carbonyl (C=O) groups is 2. The molecule has 0 saturated carbocycles. The minimum absolute atomic E-state index is 0.130.